The topological polar surface area (TPSA) is 24.9 Å². The van der Waals surface area contributed by atoms with Crippen LogP contribution in [0.25, 0.3) is 0 Å². The molecule has 0 aliphatic rings. The summed E-state index contributed by atoms with van der Waals surface area (Å²) in [6.07, 6.45) is 2.33. The molecule has 0 amide bonds. The lowest BCUT2D eigenvalue weighted by molar-refractivity contribution is 0.526. The van der Waals surface area contributed by atoms with Crippen LogP contribution in [0.5, 0.6) is 0 Å². The zero-order chi connectivity index (χ0) is 14.5. The van der Waals surface area contributed by atoms with Crippen LogP contribution in [0.4, 0.5) is 4.39 Å². The van der Waals surface area contributed by atoms with E-state index in [2.05, 4.69) is 10.3 Å². The minimum Gasteiger partial charge on any atom is -0.310 e. The molecule has 1 unspecified atom stereocenters. The fourth-order valence-corrected chi connectivity index (χ4v) is 2.41. The fraction of sp³-hybridized carbons (Fsp3) is 0.312. The van der Waals surface area contributed by atoms with Crippen LogP contribution >= 0.6 is 11.6 Å². The van der Waals surface area contributed by atoms with E-state index in [1.54, 1.807) is 12.1 Å². The van der Waals surface area contributed by atoms with Gasteiger partial charge in [0.15, 0.2) is 0 Å². The number of nitrogens with one attached hydrogen (secondary N) is 1. The molecule has 0 saturated heterocycles. The molecule has 0 aliphatic carbocycles. The molecule has 0 saturated carbocycles. The number of hydrogen-bond acceptors (Lipinski definition) is 2. The van der Waals surface area contributed by atoms with Crippen molar-refractivity contribution in [2.24, 2.45) is 0 Å². The molecule has 2 nitrogen and oxygen atoms in total. The number of halogens is 2. The Morgan fingerprint density at radius 1 is 1.30 bits per heavy atom. The molecule has 2 rings (SSSR count). The summed E-state index contributed by atoms with van der Waals surface area (Å²) in [4.78, 5) is 4.30. The average molecular weight is 293 g/mol. The summed E-state index contributed by atoms with van der Waals surface area (Å²) < 4.78 is 13.9. The first-order chi connectivity index (χ1) is 9.61. The standard InChI is InChI=1S/C16H18ClFN2/c1-3-19-16(12-8-7-11(2)20-10-12)9-13-14(17)5-4-6-15(13)18/h4-8,10,16,19H,3,9H2,1-2H3. The number of benzene rings is 1. The number of aromatic nitrogens is 1. The lowest BCUT2D eigenvalue weighted by Gasteiger charge is -2.19. The first-order valence-corrected chi connectivity index (χ1v) is 7.08. The number of nitrogens with zero attached hydrogens (tertiary/aromatic N) is 1. The normalized spacial score (nSPS) is 12.4. The maximum atomic E-state index is 13.9. The number of pyridine rings is 1. The van der Waals surface area contributed by atoms with Crippen molar-refractivity contribution in [1.29, 1.82) is 0 Å². The average Bonchev–Trinajstić information content (AvgIpc) is 2.43. The van der Waals surface area contributed by atoms with E-state index in [0.717, 1.165) is 17.8 Å². The zero-order valence-corrected chi connectivity index (χ0v) is 12.4. The van der Waals surface area contributed by atoms with Crippen molar-refractivity contribution < 1.29 is 4.39 Å². The van der Waals surface area contributed by atoms with Gasteiger partial charge in [0.05, 0.1) is 0 Å². The Labute approximate surface area is 124 Å². The Kier molecular flexibility index (Phi) is 5.10. The number of hydrogen-bond donors (Lipinski definition) is 1. The molecule has 0 bridgehead atoms. The predicted octanol–water partition coefficient (Wildman–Crippen LogP) is 4.08. The molecule has 1 aromatic carbocycles. The Balaban J connectivity index is 2.28. The van der Waals surface area contributed by atoms with Crippen molar-refractivity contribution in [3.05, 3.63) is 64.2 Å². The number of likely N-dealkylation sites (N-methyl/N-ethyl adjacent to an activating group) is 1. The van der Waals surface area contributed by atoms with Crippen LogP contribution < -0.4 is 5.32 Å². The van der Waals surface area contributed by atoms with Gasteiger partial charge in [0.1, 0.15) is 5.82 Å². The Bertz CT molecular complexity index is 549. The van der Waals surface area contributed by atoms with E-state index in [0.29, 0.717) is 17.0 Å². The number of aryl methyl sites for hydroxylation is 1. The highest BCUT2D eigenvalue weighted by molar-refractivity contribution is 6.31. The van der Waals surface area contributed by atoms with Crippen LogP contribution in [0.2, 0.25) is 5.02 Å². The summed E-state index contributed by atoms with van der Waals surface area (Å²) in [5, 5.41) is 3.82. The minimum absolute atomic E-state index is 0.00231. The van der Waals surface area contributed by atoms with Gasteiger partial charge < -0.3 is 5.32 Å². The first-order valence-electron chi connectivity index (χ1n) is 6.70. The molecule has 0 spiro atoms. The van der Waals surface area contributed by atoms with Crippen molar-refractivity contribution in [1.82, 2.24) is 10.3 Å². The van der Waals surface area contributed by atoms with E-state index in [4.69, 9.17) is 11.6 Å². The number of rotatable bonds is 5. The largest absolute Gasteiger partial charge is 0.310 e. The molecule has 1 atom stereocenters. The summed E-state index contributed by atoms with van der Waals surface area (Å²) in [7, 11) is 0. The van der Waals surface area contributed by atoms with Crippen molar-refractivity contribution in [3.63, 3.8) is 0 Å². The second-order valence-corrected chi connectivity index (χ2v) is 5.15. The van der Waals surface area contributed by atoms with Gasteiger partial charge >= 0.3 is 0 Å². The van der Waals surface area contributed by atoms with Crippen LogP contribution in [0, 0.1) is 12.7 Å². The van der Waals surface area contributed by atoms with Gasteiger partial charge in [-0.05, 0) is 43.7 Å². The monoisotopic (exact) mass is 292 g/mol. The maximum Gasteiger partial charge on any atom is 0.127 e. The van der Waals surface area contributed by atoms with E-state index in [9.17, 15) is 4.39 Å². The summed E-state index contributed by atoms with van der Waals surface area (Å²) in [6, 6.07) is 8.76. The van der Waals surface area contributed by atoms with Crippen LogP contribution in [0.1, 0.15) is 29.8 Å². The Morgan fingerprint density at radius 3 is 2.70 bits per heavy atom. The molecule has 0 radical (unpaired) electrons. The van der Waals surface area contributed by atoms with Crippen molar-refractivity contribution in [2.75, 3.05) is 6.54 Å². The van der Waals surface area contributed by atoms with Crippen LogP contribution in [-0.4, -0.2) is 11.5 Å². The van der Waals surface area contributed by atoms with Gasteiger partial charge in [-0.3, -0.25) is 4.98 Å². The van der Waals surface area contributed by atoms with Gasteiger partial charge in [-0.25, -0.2) is 4.39 Å². The highest BCUT2D eigenvalue weighted by Crippen LogP contribution is 2.25. The summed E-state index contributed by atoms with van der Waals surface area (Å²) >= 11 is 6.10. The first kappa shape index (κ1) is 14.9. The smallest absolute Gasteiger partial charge is 0.127 e. The molecule has 0 fully saturated rings. The molecule has 4 heteroatoms. The molecule has 20 heavy (non-hydrogen) atoms. The van der Waals surface area contributed by atoms with E-state index < -0.39 is 0 Å². The van der Waals surface area contributed by atoms with Crippen LogP contribution in [-0.2, 0) is 6.42 Å². The van der Waals surface area contributed by atoms with Gasteiger partial charge in [-0.1, -0.05) is 30.7 Å². The molecule has 0 aliphatic heterocycles. The van der Waals surface area contributed by atoms with E-state index >= 15 is 0 Å². The maximum absolute atomic E-state index is 13.9. The van der Waals surface area contributed by atoms with Crippen LogP contribution in [0.15, 0.2) is 36.5 Å². The van der Waals surface area contributed by atoms with Gasteiger partial charge in [0.2, 0.25) is 0 Å². The third-order valence-corrected chi connectivity index (χ3v) is 3.61. The lowest BCUT2D eigenvalue weighted by atomic mass is 9.99. The van der Waals surface area contributed by atoms with Gasteiger partial charge in [-0.15, -0.1) is 0 Å². The van der Waals surface area contributed by atoms with Crippen molar-refractivity contribution in [2.45, 2.75) is 26.3 Å². The molecular weight excluding hydrogens is 275 g/mol. The van der Waals surface area contributed by atoms with E-state index in [-0.39, 0.29) is 11.9 Å². The van der Waals surface area contributed by atoms with Gasteiger partial charge in [0.25, 0.3) is 0 Å². The summed E-state index contributed by atoms with van der Waals surface area (Å²) in [5.41, 5.74) is 2.55. The van der Waals surface area contributed by atoms with Gasteiger partial charge in [-0.2, -0.15) is 0 Å². The third kappa shape index (κ3) is 3.56. The Hall–Kier alpha value is -1.45. The quantitative estimate of drug-likeness (QED) is 0.898. The lowest BCUT2D eigenvalue weighted by Crippen LogP contribution is -2.23. The summed E-state index contributed by atoms with van der Waals surface area (Å²) in [6.45, 7) is 4.77. The third-order valence-electron chi connectivity index (χ3n) is 3.26. The van der Waals surface area contributed by atoms with E-state index in [1.807, 2.05) is 32.2 Å². The minimum atomic E-state index is -0.263. The fourth-order valence-electron chi connectivity index (χ4n) is 2.17. The summed E-state index contributed by atoms with van der Waals surface area (Å²) in [5.74, 6) is -0.263. The molecule has 1 aromatic heterocycles. The zero-order valence-electron chi connectivity index (χ0n) is 11.7. The van der Waals surface area contributed by atoms with Crippen molar-refractivity contribution >= 4 is 11.6 Å². The molecular formula is C16H18ClFN2. The second kappa shape index (κ2) is 6.82. The highest BCUT2D eigenvalue weighted by atomic mass is 35.5. The highest BCUT2D eigenvalue weighted by Gasteiger charge is 2.16. The molecule has 1 N–H and O–H groups in total. The van der Waals surface area contributed by atoms with Crippen LogP contribution in [0.3, 0.4) is 0 Å². The molecule has 2 aromatic rings. The predicted molar refractivity (Wildman–Crippen MR) is 80.5 cm³/mol. The molecule has 106 valence electrons. The van der Waals surface area contributed by atoms with Gasteiger partial charge in [0, 0.05) is 28.5 Å². The molecule has 1 heterocycles. The van der Waals surface area contributed by atoms with E-state index in [1.165, 1.54) is 6.07 Å². The van der Waals surface area contributed by atoms with Crippen molar-refractivity contribution in [3.8, 4) is 0 Å². The Morgan fingerprint density at radius 2 is 2.10 bits per heavy atom. The SMILES string of the molecule is CCNC(Cc1c(F)cccc1Cl)c1ccc(C)nc1. The second-order valence-electron chi connectivity index (χ2n) is 4.75.